The van der Waals surface area contributed by atoms with Crippen LogP contribution in [0.3, 0.4) is 0 Å². The normalized spacial score (nSPS) is 11.8. The highest BCUT2D eigenvalue weighted by molar-refractivity contribution is 7.80. The van der Waals surface area contributed by atoms with E-state index in [0.717, 1.165) is 6.42 Å². The summed E-state index contributed by atoms with van der Waals surface area (Å²) in [4.78, 5) is 0. The molecule has 0 spiro atoms. The molecule has 86 valence electrons. The van der Waals surface area contributed by atoms with Crippen LogP contribution in [0.1, 0.15) is 58.8 Å². The monoisotopic (exact) mass is 227 g/mol. The summed E-state index contributed by atoms with van der Waals surface area (Å²) in [5, 5.41) is 8.83. The Hall–Kier alpha value is -0.620. The zero-order valence-corrected chi connectivity index (χ0v) is 10.6. The van der Waals surface area contributed by atoms with Gasteiger partial charge in [-0.05, 0) is 32.0 Å². The number of rotatable bonds is 8. The molecule has 0 heterocycles. The molecule has 0 amide bonds. The van der Waals surface area contributed by atoms with Crippen LogP contribution in [0.15, 0.2) is 0 Å². The van der Waals surface area contributed by atoms with Crippen LogP contribution in [0.2, 0.25) is 0 Å². The van der Waals surface area contributed by atoms with E-state index in [4.69, 9.17) is 22.2 Å². The number of hydrogen-bond donors (Lipinski definition) is 0. The van der Waals surface area contributed by atoms with E-state index in [1.807, 2.05) is 13.0 Å². The summed E-state index contributed by atoms with van der Waals surface area (Å²) >= 11 is 4.91. The van der Waals surface area contributed by atoms with E-state index in [9.17, 15) is 0 Å². The van der Waals surface area contributed by atoms with E-state index in [1.165, 1.54) is 32.1 Å². The van der Waals surface area contributed by atoms with Crippen molar-refractivity contribution in [2.24, 2.45) is 0 Å². The zero-order valence-electron chi connectivity index (χ0n) is 9.79. The lowest BCUT2D eigenvalue weighted by Crippen LogP contribution is -2.12. The summed E-state index contributed by atoms with van der Waals surface area (Å²) in [7, 11) is 0. The fourth-order valence-corrected chi connectivity index (χ4v) is 1.65. The SMILES string of the molecule is CCCCCCCC(C)OC(=S)CC#N. The first-order valence-corrected chi connectivity index (χ1v) is 6.18. The molecular formula is C12H21NOS. The van der Waals surface area contributed by atoms with Gasteiger partial charge in [-0.3, -0.25) is 0 Å². The van der Waals surface area contributed by atoms with Gasteiger partial charge in [-0.25, -0.2) is 0 Å². The van der Waals surface area contributed by atoms with Gasteiger partial charge < -0.3 is 4.74 Å². The number of nitrogens with zero attached hydrogens (tertiary/aromatic N) is 1. The van der Waals surface area contributed by atoms with Crippen molar-refractivity contribution in [1.29, 1.82) is 5.26 Å². The van der Waals surface area contributed by atoms with Gasteiger partial charge in [0, 0.05) is 0 Å². The number of thiocarbonyl (C=S) groups is 1. The molecule has 0 aliphatic carbocycles. The average Bonchev–Trinajstić information content (AvgIpc) is 2.17. The Balaban J connectivity index is 3.37. The first-order chi connectivity index (χ1) is 7.20. The molecule has 1 unspecified atom stereocenters. The fourth-order valence-electron chi connectivity index (χ4n) is 1.42. The van der Waals surface area contributed by atoms with Gasteiger partial charge in [-0.1, -0.05) is 32.6 Å². The lowest BCUT2D eigenvalue weighted by Gasteiger charge is -2.13. The number of ether oxygens (including phenoxy) is 1. The van der Waals surface area contributed by atoms with Crippen molar-refractivity contribution in [3.05, 3.63) is 0 Å². The maximum Gasteiger partial charge on any atom is 0.174 e. The predicted molar refractivity (Wildman–Crippen MR) is 66.8 cm³/mol. The van der Waals surface area contributed by atoms with Crippen LogP contribution >= 0.6 is 12.2 Å². The highest BCUT2D eigenvalue weighted by Crippen LogP contribution is 2.10. The second-order valence-electron chi connectivity index (χ2n) is 3.84. The number of unbranched alkanes of at least 4 members (excludes halogenated alkanes) is 4. The molecule has 0 rings (SSSR count). The smallest absolute Gasteiger partial charge is 0.174 e. The van der Waals surface area contributed by atoms with Gasteiger partial charge in [0.05, 0.1) is 12.2 Å². The van der Waals surface area contributed by atoms with E-state index >= 15 is 0 Å². The van der Waals surface area contributed by atoms with Gasteiger partial charge >= 0.3 is 0 Å². The quantitative estimate of drug-likeness (QED) is 0.464. The first-order valence-electron chi connectivity index (χ1n) is 5.77. The third-order valence-corrected chi connectivity index (χ3v) is 2.51. The second kappa shape index (κ2) is 9.92. The van der Waals surface area contributed by atoms with Crippen molar-refractivity contribution in [2.75, 3.05) is 0 Å². The Kier molecular flexibility index (Phi) is 9.51. The molecule has 3 heteroatoms. The molecule has 0 aromatic heterocycles. The Morgan fingerprint density at radius 1 is 1.33 bits per heavy atom. The highest BCUT2D eigenvalue weighted by atomic mass is 32.1. The molecule has 0 N–H and O–H groups in total. The Morgan fingerprint density at radius 2 is 2.00 bits per heavy atom. The van der Waals surface area contributed by atoms with Gasteiger partial charge in [0.1, 0.15) is 6.42 Å². The van der Waals surface area contributed by atoms with Crippen molar-refractivity contribution in [3.63, 3.8) is 0 Å². The summed E-state index contributed by atoms with van der Waals surface area (Å²) in [6.07, 6.45) is 7.80. The van der Waals surface area contributed by atoms with E-state index in [2.05, 4.69) is 6.92 Å². The van der Waals surface area contributed by atoms with Crippen molar-refractivity contribution >= 4 is 17.3 Å². The van der Waals surface area contributed by atoms with Gasteiger partial charge in [-0.15, -0.1) is 0 Å². The van der Waals surface area contributed by atoms with Crippen LogP contribution in [0.5, 0.6) is 0 Å². The maximum absolute atomic E-state index is 8.41. The lowest BCUT2D eigenvalue weighted by molar-refractivity contribution is 0.195. The van der Waals surface area contributed by atoms with Crippen LogP contribution in [0.4, 0.5) is 0 Å². The molecule has 15 heavy (non-hydrogen) atoms. The van der Waals surface area contributed by atoms with Crippen molar-refractivity contribution < 1.29 is 4.74 Å². The highest BCUT2D eigenvalue weighted by Gasteiger charge is 2.05. The third-order valence-electron chi connectivity index (χ3n) is 2.27. The van der Waals surface area contributed by atoms with Crippen molar-refractivity contribution in [1.82, 2.24) is 0 Å². The lowest BCUT2D eigenvalue weighted by atomic mass is 10.1. The van der Waals surface area contributed by atoms with E-state index in [0.29, 0.717) is 5.05 Å². The molecule has 0 radical (unpaired) electrons. The minimum absolute atomic E-state index is 0.160. The minimum Gasteiger partial charge on any atom is -0.483 e. The van der Waals surface area contributed by atoms with E-state index in [-0.39, 0.29) is 12.5 Å². The summed E-state index contributed by atoms with van der Waals surface area (Å²) in [6, 6.07) is 1.99. The van der Waals surface area contributed by atoms with Crippen LogP contribution < -0.4 is 0 Å². The number of nitriles is 1. The van der Waals surface area contributed by atoms with E-state index in [1.54, 1.807) is 0 Å². The second-order valence-corrected chi connectivity index (χ2v) is 4.29. The zero-order chi connectivity index (χ0) is 11.5. The Bertz CT molecular complexity index is 210. The van der Waals surface area contributed by atoms with Gasteiger partial charge in [0.25, 0.3) is 0 Å². The molecule has 0 aromatic rings. The van der Waals surface area contributed by atoms with Crippen LogP contribution in [-0.2, 0) is 4.74 Å². The standard InChI is InChI=1S/C12H21NOS/c1-3-4-5-6-7-8-11(2)14-12(15)9-10-13/h11H,3-9H2,1-2H3. The molecule has 0 bridgehead atoms. The summed E-state index contributed by atoms with van der Waals surface area (Å²) in [5.41, 5.74) is 0. The molecule has 0 fully saturated rings. The van der Waals surface area contributed by atoms with E-state index < -0.39 is 0 Å². The van der Waals surface area contributed by atoms with Crippen LogP contribution in [0, 0.1) is 11.3 Å². The minimum atomic E-state index is 0.160. The van der Waals surface area contributed by atoms with Crippen LogP contribution in [0.25, 0.3) is 0 Å². The largest absolute Gasteiger partial charge is 0.483 e. The molecule has 0 aliphatic rings. The van der Waals surface area contributed by atoms with Gasteiger partial charge in [0.2, 0.25) is 0 Å². The molecule has 2 nitrogen and oxygen atoms in total. The summed E-state index contributed by atoms with van der Waals surface area (Å²) in [6.45, 7) is 4.23. The van der Waals surface area contributed by atoms with Gasteiger partial charge in [0.15, 0.2) is 5.05 Å². The molecule has 1 atom stereocenters. The topological polar surface area (TPSA) is 33.0 Å². The Labute approximate surface area is 98.6 Å². The van der Waals surface area contributed by atoms with Crippen molar-refractivity contribution in [2.45, 2.75) is 64.9 Å². The average molecular weight is 227 g/mol. The fraction of sp³-hybridized carbons (Fsp3) is 0.833. The van der Waals surface area contributed by atoms with Gasteiger partial charge in [-0.2, -0.15) is 5.26 Å². The maximum atomic E-state index is 8.41. The predicted octanol–water partition coefficient (Wildman–Crippen LogP) is 3.99. The van der Waals surface area contributed by atoms with Crippen molar-refractivity contribution in [3.8, 4) is 6.07 Å². The summed E-state index contributed by atoms with van der Waals surface area (Å²) < 4.78 is 5.41. The van der Waals surface area contributed by atoms with Crippen LogP contribution in [-0.4, -0.2) is 11.2 Å². The summed E-state index contributed by atoms with van der Waals surface area (Å²) in [5.74, 6) is 0. The molecule has 0 aromatic carbocycles. The third kappa shape index (κ3) is 9.68. The first kappa shape index (κ1) is 14.4. The molecular weight excluding hydrogens is 206 g/mol. The Morgan fingerprint density at radius 3 is 2.60 bits per heavy atom. The number of hydrogen-bond acceptors (Lipinski definition) is 3. The molecule has 0 saturated heterocycles. The molecule has 0 saturated carbocycles. The molecule has 0 aliphatic heterocycles.